The van der Waals surface area contributed by atoms with Crippen LogP contribution in [0.15, 0.2) is 53.5 Å². The minimum atomic E-state index is -4.47. The normalized spacial score (nSPS) is 21.9. The molecule has 1 fully saturated rings. The molecule has 2 aromatic rings. The molecule has 1 amide bonds. The van der Waals surface area contributed by atoms with Gasteiger partial charge in [-0.15, -0.1) is 0 Å². The maximum absolute atomic E-state index is 12.9. The zero-order chi connectivity index (χ0) is 19.8. The summed E-state index contributed by atoms with van der Waals surface area (Å²) >= 11 is -1.75. The number of benzene rings is 2. The molecule has 1 saturated heterocycles. The molecule has 3 rings (SSSR count). The maximum Gasteiger partial charge on any atom is 0.416 e. The second-order valence-electron chi connectivity index (χ2n) is 6.32. The van der Waals surface area contributed by atoms with Crippen LogP contribution in [0.1, 0.15) is 16.7 Å². The van der Waals surface area contributed by atoms with Crippen molar-refractivity contribution in [2.75, 3.05) is 7.05 Å². The molecular weight excluding hydrogens is 377 g/mol. The molecule has 0 spiro atoms. The van der Waals surface area contributed by atoms with Gasteiger partial charge in [0.25, 0.3) is 5.91 Å². The molecule has 1 heterocycles. The first kappa shape index (κ1) is 19.4. The third-order valence-corrected chi connectivity index (χ3v) is 5.88. The lowest BCUT2D eigenvalue weighted by Gasteiger charge is -2.12. The van der Waals surface area contributed by atoms with Gasteiger partial charge in [-0.1, -0.05) is 35.9 Å². The van der Waals surface area contributed by atoms with E-state index in [1.807, 2.05) is 19.1 Å². The van der Waals surface area contributed by atoms with Crippen LogP contribution in [-0.2, 0) is 28.6 Å². The number of hydrogen-bond donors (Lipinski definition) is 0. The van der Waals surface area contributed by atoms with E-state index in [9.17, 15) is 22.5 Å². The van der Waals surface area contributed by atoms with Crippen molar-refractivity contribution in [2.24, 2.45) is 4.99 Å². The van der Waals surface area contributed by atoms with E-state index < -0.39 is 34.1 Å². The van der Waals surface area contributed by atoms with Crippen molar-refractivity contribution in [2.45, 2.75) is 24.8 Å². The molecule has 142 valence electrons. The Labute approximate surface area is 157 Å². The Bertz CT molecular complexity index is 881. The Balaban J connectivity index is 1.85. The number of carbonyl (C=O) groups excluding carboxylic acids is 1. The number of rotatable bonds is 3. The zero-order valence-electron chi connectivity index (χ0n) is 14.7. The van der Waals surface area contributed by atoms with E-state index >= 15 is 0 Å². The summed E-state index contributed by atoms with van der Waals surface area (Å²) in [6, 6.07) is 11.9. The van der Waals surface area contributed by atoms with Gasteiger partial charge in [-0.25, -0.2) is 0 Å². The number of aliphatic imine (C=N–C) groups is 1. The molecule has 0 aliphatic carbocycles. The lowest BCUT2D eigenvalue weighted by Crippen LogP contribution is -2.29. The highest BCUT2D eigenvalue weighted by Gasteiger charge is 2.48. The molecule has 0 aromatic heterocycles. The van der Waals surface area contributed by atoms with Gasteiger partial charge >= 0.3 is 11.3 Å². The molecule has 0 saturated carbocycles. The minimum absolute atomic E-state index is 0.0490. The molecule has 1 aliphatic heterocycles. The molecule has 4 nitrogen and oxygen atoms in total. The first-order valence-electron chi connectivity index (χ1n) is 8.16. The van der Waals surface area contributed by atoms with Crippen molar-refractivity contribution in [3.05, 3.63) is 65.2 Å². The SMILES string of the molecule is Cc1ccc(/N=C2/N(C)C(=O)C(Cc3cccc(C(F)(F)F)c3)[S+]2[O-])cc1. The van der Waals surface area contributed by atoms with Crippen LogP contribution in [0.25, 0.3) is 0 Å². The van der Waals surface area contributed by atoms with Crippen LogP contribution in [-0.4, -0.2) is 32.8 Å². The summed E-state index contributed by atoms with van der Waals surface area (Å²) in [6.07, 6.45) is -4.52. The minimum Gasteiger partial charge on any atom is -0.608 e. The van der Waals surface area contributed by atoms with Gasteiger partial charge in [0, 0.05) is 24.6 Å². The number of halogens is 3. The molecule has 8 heteroatoms. The number of nitrogens with zero attached hydrogens (tertiary/aromatic N) is 2. The van der Waals surface area contributed by atoms with E-state index in [-0.39, 0.29) is 11.6 Å². The Hall–Kier alpha value is -2.32. The van der Waals surface area contributed by atoms with Crippen molar-refractivity contribution in [1.82, 2.24) is 4.90 Å². The third-order valence-electron chi connectivity index (χ3n) is 4.27. The van der Waals surface area contributed by atoms with Crippen LogP contribution in [0.5, 0.6) is 0 Å². The number of hydrogen-bond acceptors (Lipinski definition) is 3. The molecule has 0 radical (unpaired) electrons. The van der Waals surface area contributed by atoms with Gasteiger partial charge in [-0.2, -0.15) is 18.2 Å². The number of carbonyl (C=O) groups is 1. The van der Waals surface area contributed by atoms with Crippen molar-refractivity contribution in [1.29, 1.82) is 0 Å². The predicted molar refractivity (Wildman–Crippen MR) is 98.1 cm³/mol. The first-order chi connectivity index (χ1) is 12.7. The smallest absolute Gasteiger partial charge is 0.416 e. The van der Waals surface area contributed by atoms with Gasteiger partial charge in [0.2, 0.25) is 5.25 Å². The fraction of sp³-hybridized carbons (Fsp3) is 0.263. The van der Waals surface area contributed by atoms with Crippen LogP contribution in [0.2, 0.25) is 0 Å². The standard InChI is InChI=1S/C19H17F3N2O2S/c1-12-6-8-15(9-7-12)23-18-24(2)17(25)16(27(18)26)11-13-4-3-5-14(10-13)19(20,21)22/h3-10,16H,11H2,1-2H3/b23-18-. The lowest BCUT2D eigenvalue weighted by molar-refractivity contribution is -0.137. The van der Waals surface area contributed by atoms with Crippen LogP contribution >= 0.6 is 0 Å². The molecule has 27 heavy (non-hydrogen) atoms. The first-order valence-corrected chi connectivity index (χ1v) is 9.38. The second kappa shape index (κ2) is 7.36. The fourth-order valence-corrected chi connectivity index (χ4v) is 4.26. The molecule has 2 unspecified atom stereocenters. The van der Waals surface area contributed by atoms with Crippen molar-refractivity contribution in [3.8, 4) is 0 Å². The molecule has 2 atom stereocenters. The topological polar surface area (TPSA) is 55.7 Å². The van der Waals surface area contributed by atoms with Crippen LogP contribution in [0, 0.1) is 6.92 Å². The highest BCUT2D eigenvalue weighted by Crippen LogP contribution is 2.31. The highest BCUT2D eigenvalue weighted by atomic mass is 32.2. The van der Waals surface area contributed by atoms with Gasteiger partial charge in [0.15, 0.2) is 0 Å². The van der Waals surface area contributed by atoms with Crippen LogP contribution in [0.4, 0.5) is 18.9 Å². The monoisotopic (exact) mass is 394 g/mol. The largest absolute Gasteiger partial charge is 0.608 e. The van der Waals surface area contributed by atoms with Gasteiger partial charge in [-0.3, -0.25) is 9.69 Å². The summed E-state index contributed by atoms with van der Waals surface area (Å²) in [6.45, 7) is 1.92. The van der Waals surface area contributed by atoms with E-state index in [0.717, 1.165) is 17.7 Å². The van der Waals surface area contributed by atoms with E-state index in [4.69, 9.17) is 0 Å². The number of amides is 1. The van der Waals surface area contributed by atoms with Crippen LogP contribution < -0.4 is 0 Å². The Morgan fingerprint density at radius 1 is 1.19 bits per heavy atom. The average Bonchev–Trinajstić information content (AvgIpc) is 2.81. The molecule has 0 N–H and O–H groups in total. The Morgan fingerprint density at radius 3 is 2.48 bits per heavy atom. The van der Waals surface area contributed by atoms with Crippen LogP contribution in [0.3, 0.4) is 0 Å². The van der Waals surface area contributed by atoms with Gasteiger partial charge in [-0.05, 0) is 30.7 Å². The van der Waals surface area contributed by atoms with Crippen molar-refractivity contribution >= 4 is 27.9 Å². The third kappa shape index (κ3) is 4.17. The van der Waals surface area contributed by atoms with Gasteiger partial charge < -0.3 is 4.55 Å². The van der Waals surface area contributed by atoms with Crippen molar-refractivity contribution in [3.63, 3.8) is 0 Å². The maximum atomic E-state index is 12.9. The number of alkyl halides is 3. The molecule has 2 aromatic carbocycles. The lowest BCUT2D eigenvalue weighted by atomic mass is 10.1. The Morgan fingerprint density at radius 2 is 1.85 bits per heavy atom. The number of amidine groups is 1. The van der Waals surface area contributed by atoms with E-state index in [1.165, 1.54) is 24.1 Å². The zero-order valence-corrected chi connectivity index (χ0v) is 15.5. The van der Waals surface area contributed by atoms with E-state index in [0.29, 0.717) is 11.3 Å². The molecular formula is C19H17F3N2O2S. The quantitative estimate of drug-likeness (QED) is 0.743. The Kier molecular flexibility index (Phi) is 5.30. The average molecular weight is 394 g/mol. The highest BCUT2D eigenvalue weighted by molar-refractivity contribution is 8.08. The second-order valence-corrected chi connectivity index (χ2v) is 7.84. The summed E-state index contributed by atoms with van der Waals surface area (Å²) in [4.78, 5) is 18.0. The van der Waals surface area contributed by atoms with Crippen molar-refractivity contribution < 1.29 is 22.5 Å². The van der Waals surface area contributed by atoms with Gasteiger partial charge in [0.1, 0.15) is 0 Å². The summed E-state index contributed by atoms with van der Waals surface area (Å²) in [5.74, 6) is -0.420. The summed E-state index contributed by atoms with van der Waals surface area (Å²) in [7, 11) is 1.47. The van der Waals surface area contributed by atoms with E-state index in [1.54, 1.807) is 12.1 Å². The summed E-state index contributed by atoms with van der Waals surface area (Å²) < 4.78 is 51.4. The fourth-order valence-electron chi connectivity index (χ4n) is 2.77. The van der Waals surface area contributed by atoms with Gasteiger partial charge in [0.05, 0.1) is 11.3 Å². The summed E-state index contributed by atoms with van der Waals surface area (Å²) in [5, 5.41) is -0.844. The number of aryl methyl sites for hydroxylation is 1. The predicted octanol–water partition coefficient (Wildman–Crippen LogP) is 3.83. The molecule has 1 aliphatic rings. The molecule has 0 bridgehead atoms. The van der Waals surface area contributed by atoms with E-state index in [2.05, 4.69) is 4.99 Å². The summed E-state index contributed by atoms with van der Waals surface area (Å²) in [5.41, 5.74) is 1.11.